The molecule has 0 aliphatic carbocycles. The standard InChI is InChI=1S/C18H20FN3O2/c1-22(2)16-8-6-13(7-9-16)17(23)20-10-11-21-18(24)14-4-3-5-15(19)12-14/h3-9,12H,10-11H2,1-2H3,(H,20,23)(H,21,24). The third kappa shape index (κ3) is 4.81. The molecule has 126 valence electrons. The Morgan fingerprint density at radius 2 is 1.50 bits per heavy atom. The minimum absolute atomic E-state index is 0.208. The summed E-state index contributed by atoms with van der Waals surface area (Å²) < 4.78 is 13.0. The van der Waals surface area contributed by atoms with Gasteiger partial charge in [0.2, 0.25) is 0 Å². The van der Waals surface area contributed by atoms with Crippen LogP contribution < -0.4 is 15.5 Å². The average molecular weight is 329 g/mol. The molecule has 0 bridgehead atoms. The summed E-state index contributed by atoms with van der Waals surface area (Å²) in [5.74, 6) is -1.04. The van der Waals surface area contributed by atoms with Gasteiger partial charge in [0.1, 0.15) is 5.82 Å². The van der Waals surface area contributed by atoms with Crippen molar-refractivity contribution >= 4 is 17.5 Å². The number of carbonyl (C=O) groups is 2. The number of nitrogens with one attached hydrogen (secondary N) is 2. The zero-order valence-electron chi connectivity index (χ0n) is 13.7. The van der Waals surface area contributed by atoms with E-state index >= 15 is 0 Å². The van der Waals surface area contributed by atoms with Crippen LogP contribution in [-0.4, -0.2) is 39.0 Å². The van der Waals surface area contributed by atoms with Gasteiger partial charge in [-0.15, -0.1) is 0 Å². The highest BCUT2D eigenvalue weighted by Gasteiger charge is 2.07. The maximum absolute atomic E-state index is 13.0. The lowest BCUT2D eigenvalue weighted by molar-refractivity contribution is 0.0927. The molecule has 2 N–H and O–H groups in total. The van der Waals surface area contributed by atoms with Crippen molar-refractivity contribution in [2.24, 2.45) is 0 Å². The summed E-state index contributed by atoms with van der Waals surface area (Å²) >= 11 is 0. The highest BCUT2D eigenvalue weighted by molar-refractivity contribution is 5.95. The van der Waals surface area contributed by atoms with Gasteiger partial charge < -0.3 is 15.5 Å². The smallest absolute Gasteiger partial charge is 0.251 e. The number of carbonyl (C=O) groups excluding carboxylic acids is 2. The highest BCUT2D eigenvalue weighted by atomic mass is 19.1. The van der Waals surface area contributed by atoms with Crippen molar-refractivity contribution < 1.29 is 14.0 Å². The SMILES string of the molecule is CN(C)c1ccc(C(=O)NCCNC(=O)c2cccc(F)c2)cc1. The van der Waals surface area contributed by atoms with E-state index in [9.17, 15) is 14.0 Å². The quantitative estimate of drug-likeness (QED) is 0.798. The number of nitrogens with zero attached hydrogens (tertiary/aromatic N) is 1. The van der Waals surface area contributed by atoms with E-state index in [0.29, 0.717) is 5.56 Å². The number of halogens is 1. The zero-order chi connectivity index (χ0) is 17.5. The molecule has 0 aliphatic rings. The number of rotatable bonds is 6. The van der Waals surface area contributed by atoms with Crippen LogP contribution in [0.15, 0.2) is 48.5 Å². The van der Waals surface area contributed by atoms with Gasteiger partial charge >= 0.3 is 0 Å². The predicted octanol–water partition coefficient (Wildman–Crippen LogP) is 2.05. The second-order valence-electron chi connectivity index (χ2n) is 5.46. The molecule has 24 heavy (non-hydrogen) atoms. The van der Waals surface area contributed by atoms with Crippen molar-refractivity contribution in [3.05, 3.63) is 65.5 Å². The number of amides is 2. The topological polar surface area (TPSA) is 61.4 Å². The summed E-state index contributed by atoms with van der Waals surface area (Å²) in [6.07, 6.45) is 0. The first-order valence-electron chi connectivity index (χ1n) is 7.57. The van der Waals surface area contributed by atoms with Crippen LogP contribution in [0.3, 0.4) is 0 Å². The van der Waals surface area contributed by atoms with Crippen LogP contribution in [0.2, 0.25) is 0 Å². The van der Waals surface area contributed by atoms with Gasteiger partial charge in [-0.2, -0.15) is 0 Å². The molecule has 0 saturated heterocycles. The van der Waals surface area contributed by atoms with Gasteiger partial charge in [-0.1, -0.05) is 6.07 Å². The molecule has 0 aliphatic heterocycles. The van der Waals surface area contributed by atoms with E-state index < -0.39 is 5.82 Å². The third-order valence-corrected chi connectivity index (χ3v) is 3.43. The fraction of sp³-hybridized carbons (Fsp3) is 0.222. The van der Waals surface area contributed by atoms with E-state index in [0.717, 1.165) is 5.69 Å². The maximum atomic E-state index is 13.0. The molecule has 0 heterocycles. The van der Waals surface area contributed by atoms with Crippen molar-refractivity contribution in [2.75, 3.05) is 32.1 Å². The molecule has 5 nitrogen and oxygen atoms in total. The highest BCUT2D eigenvalue weighted by Crippen LogP contribution is 2.11. The molecule has 0 atom stereocenters. The van der Waals surface area contributed by atoms with Crippen LogP contribution in [0, 0.1) is 5.82 Å². The minimum atomic E-state index is -0.461. The molecule has 2 amide bonds. The first kappa shape index (κ1) is 17.5. The largest absolute Gasteiger partial charge is 0.378 e. The molecule has 0 radical (unpaired) electrons. The van der Waals surface area contributed by atoms with Gasteiger partial charge in [0.05, 0.1) is 0 Å². The summed E-state index contributed by atoms with van der Waals surface area (Å²) in [4.78, 5) is 25.8. The number of benzene rings is 2. The van der Waals surface area contributed by atoms with Gasteiger partial charge in [-0.25, -0.2) is 4.39 Å². The van der Waals surface area contributed by atoms with E-state index in [1.165, 1.54) is 24.3 Å². The zero-order valence-corrected chi connectivity index (χ0v) is 13.7. The average Bonchev–Trinajstić information content (AvgIpc) is 2.58. The minimum Gasteiger partial charge on any atom is -0.378 e. The molecular formula is C18H20FN3O2. The molecule has 0 aromatic heterocycles. The monoisotopic (exact) mass is 329 g/mol. The maximum Gasteiger partial charge on any atom is 0.251 e. The third-order valence-electron chi connectivity index (χ3n) is 3.43. The Labute approximate surface area is 140 Å². The Morgan fingerprint density at radius 3 is 2.04 bits per heavy atom. The lowest BCUT2D eigenvalue weighted by Gasteiger charge is -2.12. The first-order valence-corrected chi connectivity index (χ1v) is 7.57. The molecular weight excluding hydrogens is 309 g/mol. The van der Waals surface area contributed by atoms with Crippen LogP contribution >= 0.6 is 0 Å². The van der Waals surface area contributed by atoms with Crippen molar-refractivity contribution in [3.8, 4) is 0 Å². The molecule has 2 aromatic rings. The van der Waals surface area contributed by atoms with E-state index in [-0.39, 0.29) is 30.5 Å². The number of anilines is 1. The van der Waals surface area contributed by atoms with Crippen LogP contribution in [-0.2, 0) is 0 Å². The summed E-state index contributed by atoms with van der Waals surface area (Å²) in [5, 5.41) is 5.35. The Hall–Kier alpha value is -2.89. The van der Waals surface area contributed by atoms with E-state index in [1.54, 1.807) is 12.1 Å². The van der Waals surface area contributed by atoms with E-state index in [2.05, 4.69) is 10.6 Å². The lowest BCUT2D eigenvalue weighted by Crippen LogP contribution is -2.34. The van der Waals surface area contributed by atoms with Crippen molar-refractivity contribution in [1.82, 2.24) is 10.6 Å². The van der Waals surface area contributed by atoms with Gasteiger partial charge in [0.15, 0.2) is 0 Å². The van der Waals surface area contributed by atoms with Crippen LogP contribution in [0.25, 0.3) is 0 Å². The van der Waals surface area contributed by atoms with Crippen molar-refractivity contribution in [3.63, 3.8) is 0 Å². The van der Waals surface area contributed by atoms with Crippen molar-refractivity contribution in [1.29, 1.82) is 0 Å². The van der Waals surface area contributed by atoms with Gasteiger partial charge in [-0.05, 0) is 42.5 Å². The van der Waals surface area contributed by atoms with Crippen LogP contribution in [0.1, 0.15) is 20.7 Å². The van der Waals surface area contributed by atoms with Gasteiger partial charge in [0.25, 0.3) is 11.8 Å². The lowest BCUT2D eigenvalue weighted by atomic mass is 10.2. The molecule has 0 fully saturated rings. The summed E-state index contributed by atoms with van der Waals surface area (Å²) in [5.41, 5.74) is 1.81. The van der Waals surface area contributed by atoms with E-state index in [4.69, 9.17) is 0 Å². The van der Waals surface area contributed by atoms with Crippen LogP contribution in [0.5, 0.6) is 0 Å². The van der Waals surface area contributed by atoms with Crippen LogP contribution in [0.4, 0.5) is 10.1 Å². The first-order chi connectivity index (χ1) is 11.5. The molecule has 6 heteroatoms. The molecule has 0 unspecified atom stereocenters. The summed E-state index contributed by atoms with van der Waals surface area (Å²) in [7, 11) is 3.85. The predicted molar refractivity (Wildman–Crippen MR) is 91.8 cm³/mol. The Bertz CT molecular complexity index is 714. The second kappa shape index (κ2) is 8.10. The summed E-state index contributed by atoms with van der Waals surface area (Å²) in [6.45, 7) is 0.548. The Kier molecular flexibility index (Phi) is 5.89. The molecule has 0 saturated carbocycles. The Balaban J connectivity index is 1.77. The van der Waals surface area contributed by atoms with E-state index in [1.807, 2.05) is 31.1 Å². The van der Waals surface area contributed by atoms with Gasteiger partial charge in [-0.3, -0.25) is 9.59 Å². The number of hydrogen-bond donors (Lipinski definition) is 2. The number of hydrogen-bond acceptors (Lipinski definition) is 3. The molecule has 2 aromatic carbocycles. The Morgan fingerprint density at radius 1 is 0.917 bits per heavy atom. The molecule has 0 spiro atoms. The normalized spacial score (nSPS) is 10.1. The fourth-order valence-electron chi connectivity index (χ4n) is 2.10. The van der Waals surface area contributed by atoms with Gasteiger partial charge in [0, 0.05) is 44.0 Å². The summed E-state index contributed by atoms with van der Waals surface area (Å²) in [6, 6.07) is 12.7. The second-order valence-corrected chi connectivity index (χ2v) is 5.46. The molecule has 2 rings (SSSR count). The van der Waals surface area contributed by atoms with Crippen molar-refractivity contribution in [2.45, 2.75) is 0 Å². The fourth-order valence-corrected chi connectivity index (χ4v) is 2.10.